The molecule has 15 heavy (non-hydrogen) atoms. The van der Waals surface area contributed by atoms with Gasteiger partial charge >= 0.3 is 5.97 Å². The number of carbonyl (C=O) groups is 2. The molecule has 0 aliphatic rings. The van der Waals surface area contributed by atoms with Crippen molar-refractivity contribution in [1.29, 1.82) is 0 Å². The minimum Gasteiger partial charge on any atom is -0.480 e. The first kappa shape index (κ1) is 11.4. The summed E-state index contributed by atoms with van der Waals surface area (Å²) < 4.78 is 0. The lowest BCUT2D eigenvalue weighted by atomic mass is 10.0. The van der Waals surface area contributed by atoms with E-state index < -0.39 is 17.8 Å². The number of aliphatic carboxylic acids is 1. The lowest BCUT2D eigenvalue weighted by Gasteiger charge is -2.10. The van der Waals surface area contributed by atoms with Crippen molar-refractivity contribution in [3.8, 4) is 0 Å². The average molecular weight is 207 g/mol. The normalized spacial score (nSPS) is 12.1. The molecule has 1 rings (SSSR count). The molecule has 0 spiro atoms. The molecule has 0 amide bonds. The van der Waals surface area contributed by atoms with Crippen molar-refractivity contribution < 1.29 is 14.7 Å². The average Bonchev–Trinajstić information content (AvgIpc) is 2.18. The Bertz CT molecular complexity index is 387. The molecule has 0 aliphatic heterocycles. The molecule has 2 N–H and O–H groups in total. The van der Waals surface area contributed by atoms with Crippen molar-refractivity contribution in [2.75, 3.05) is 7.05 Å². The summed E-state index contributed by atoms with van der Waals surface area (Å²) in [5, 5.41) is 11.3. The maximum Gasteiger partial charge on any atom is 0.328 e. The van der Waals surface area contributed by atoms with Crippen LogP contribution in [0, 0.1) is 6.92 Å². The van der Waals surface area contributed by atoms with Crippen molar-refractivity contribution in [3.63, 3.8) is 0 Å². The molecular formula is C11H13NO3. The number of benzene rings is 1. The second-order valence-corrected chi connectivity index (χ2v) is 3.29. The number of likely N-dealkylation sites (N-methyl/N-ethyl adjacent to an activating group) is 1. The van der Waals surface area contributed by atoms with Gasteiger partial charge in [-0.1, -0.05) is 23.8 Å². The van der Waals surface area contributed by atoms with Gasteiger partial charge in [0.2, 0.25) is 0 Å². The van der Waals surface area contributed by atoms with Gasteiger partial charge in [-0.3, -0.25) is 9.59 Å². The summed E-state index contributed by atoms with van der Waals surface area (Å²) in [7, 11) is 1.45. The topological polar surface area (TPSA) is 66.4 Å². The lowest BCUT2D eigenvalue weighted by molar-refractivity contribution is -0.137. The van der Waals surface area contributed by atoms with E-state index in [2.05, 4.69) is 5.32 Å². The van der Waals surface area contributed by atoms with Gasteiger partial charge in [-0.05, 0) is 20.0 Å². The maximum absolute atomic E-state index is 11.7. The number of carbonyl (C=O) groups excluding carboxylic acids is 1. The molecular weight excluding hydrogens is 194 g/mol. The van der Waals surface area contributed by atoms with E-state index in [1.165, 1.54) is 7.05 Å². The van der Waals surface area contributed by atoms with Gasteiger partial charge in [-0.15, -0.1) is 0 Å². The second kappa shape index (κ2) is 4.70. The first-order chi connectivity index (χ1) is 7.06. The Morgan fingerprint density at radius 2 is 2.07 bits per heavy atom. The molecule has 0 saturated carbocycles. The number of carboxylic acids is 1. The molecule has 0 bridgehead atoms. The van der Waals surface area contributed by atoms with E-state index in [4.69, 9.17) is 5.11 Å². The number of ketones is 1. The smallest absolute Gasteiger partial charge is 0.328 e. The molecule has 0 aromatic heterocycles. The van der Waals surface area contributed by atoms with Crippen LogP contribution < -0.4 is 5.32 Å². The Balaban J connectivity index is 2.98. The third-order valence-corrected chi connectivity index (χ3v) is 2.10. The molecule has 4 nitrogen and oxygen atoms in total. The van der Waals surface area contributed by atoms with Crippen LogP contribution in [0.15, 0.2) is 24.3 Å². The van der Waals surface area contributed by atoms with Crippen molar-refractivity contribution >= 4 is 11.8 Å². The number of rotatable bonds is 4. The highest BCUT2D eigenvalue weighted by atomic mass is 16.4. The number of hydrogen-bond acceptors (Lipinski definition) is 3. The predicted molar refractivity (Wildman–Crippen MR) is 56.0 cm³/mol. The predicted octanol–water partition coefficient (Wildman–Crippen LogP) is 0.850. The van der Waals surface area contributed by atoms with E-state index in [1.54, 1.807) is 18.2 Å². The highest BCUT2D eigenvalue weighted by Gasteiger charge is 2.25. The summed E-state index contributed by atoms with van der Waals surface area (Å²) in [5.41, 5.74) is 1.35. The summed E-state index contributed by atoms with van der Waals surface area (Å²) in [6, 6.07) is 5.70. The van der Waals surface area contributed by atoms with E-state index in [0.717, 1.165) is 5.56 Å². The Kier molecular flexibility index (Phi) is 3.57. The highest BCUT2D eigenvalue weighted by molar-refractivity contribution is 6.11. The molecule has 0 saturated heterocycles. The third-order valence-electron chi connectivity index (χ3n) is 2.10. The van der Waals surface area contributed by atoms with E-state index in [-0.39, 0.29) is 0 Å². The van der Waals surface area contributed by atoms with Crippen LogP contribution in [0.4, 0.5) is 0 Å². The highest BCUT2D eigenvalue weighted by Crippen LogP contribution is 2.07. The van der Waals surface area contributed by atoms with Crippen LogP contribution in [-0.2, 0) is 4.79 Å². The van der Waals surface area contributed by atoms with Crippen LogP contribution in [-0.4, -0.2) is 29.9 Å². The van der Waals surface area contributed by atoms with Crippen LogP contribution >= 0.6 is 0 Å². The molecule has 1 aromatic carbocycles. The first-order valence-electron chi connectivity index (χ1n) is 4.57. The number of aryl methyl sites for hydroxylation is 1. The number of carboxylic acid groups (broad SMARTS) is 1. The van der Waals surface area contributed by atoms with Crippen molar-refractivity contribution in [1.82, 2.24) is 5.32 Å². The van der Waals surface area contributed by atoms with Crippen LogP contribution in [0.25, 0.3) is 0 Å². The van der Waals surface area contributed by atoms with Gasteiger partial charge < -0.3 is 10.4 Å². The molecule has 0 aliphatic carbocycles. The van der Waals surface area contributed by atoms with E-state index in [9.17, 15) is 9.59 Å². The summed E-state index contributed by atoms with van der Waals surface area (Å²) >= 11 is 0. The van der Waals surface area contributed by atoms with Gasteiger partial charge in [-0.25, -0.2) is 0 Å². The van der Waals surface area contributed by atoms with Gasteiger partial charge in [0.25, 0.3) is 0 Å². The Hall–Kier alpha value is -1.68. The standard InChI is InChI=1S/C11H13NO3/c1-7-4-3-5-8(6-7)10(13)9(12-2)11(14)15/h3-6,9,12H,1-2H3,(H,14,15). The summed E-state index contributed by atoms with van der Waals surface area (Å²) in [4.78, 5) is 22.5. The Morgan fingerprint density at radius 1 is 1.40 bits per heavy atom. The van der Waals surface area contributed by atoms with Gasteiger partial charge in [0, 0.05) is 5.56 Å². The summed E-state index contributed by atoms with van der Waals surface area (Å²) in [6.45, 7) is 1.85. The minimum atomic E-state index is -1.17. The van der Waals surface area contributed by atoms with E-state index in [0.29, 0.717) is 5.56 Å². The second-order valence-electron chi connectivity index (χ2n) is 3.29. The zero-order valence-corrected chi connectivity index (χ0v) is 8.65. The van der Waals surface area contributed by atoms with Crippen molar-refractivity contribution in [2.24, 2.45) is 0 Å². The van der Waals surface area contributed by atoms with Gasteiger partial charge in [0.1, 0.15) is 0 Å². The van der Waals surface area contributed by atoms with E-state index in [1.807, 2.05) is 13.0 Å². The van der Waals surface area contributed by atoms with Gasteiger partial charge in [0.15, 0.2) is 11.8 Å². The van der Waals surface area contributed by atoms with Crippen molar-refractivity contribution in [2.45, 2.75) is 13.0 Å². The number of Topliss-reactive ketones (excluding diaryl/α,β-unsaturated/α-hetero) is 1. The number of nitrogens with one attached hydrogen (secondary N) is 1. The molecule has 4 heteroatoms. The molecule has 0 heterocycles. The largest absolute Gasteiger partial charge is 0.480 e. The fraction of sp³-hybridized carbons (Fsp3) is 0.273. The fourth-order valence-electron chi connectivity index (χ4n) is 1.33. The first-order valence-corrected chi connectivity index (χ1v) is 4.57. The molecule has 1 aromatic rings. The monoisotopic (exact) mass is 207 g/mol. The molecule has 0 radical (unpaired) electrons. The summed E-state index contributed by atoms with van der Waals surface area (Å²) in [5.74, 6) is -1.59. The molecule has 1 atom stereocenters. The van der Waals surface area contributed by atoms with Gasteiger partial charge in [0.05, 0.1) is 0 Å². The quantitative estimate of drug-likeness (QED) is 0.567. The molecule has 1 unspecified atom stereocenters. The van der Waals surface area contributed by atoms with E-state index >= 15 is 0 Å². The zero-order chi connectivity index (χ0) is 11.4. The minimum absolute atomic E-state index is 0.414. The number of hydrogen-bond donors (Lipinski definition) is 2. The van der Waals surface area contributed by atoms with Crippen molar-refractivity contribution in [3.05, 3.63) is 35.4 Å². The Morgan fingerprint density at radius 3 is 2.53 bits per heavy atom. The Labute approximate surface area is 87.9 Å². The SMILES string of the molecule is CNC(C(=O)O)C(=O)c1cccc(C)c1. The fourth-order valence-corrected chi connectivity index (χ4v) is 1.33. The molecule has 80 valence electrons. The zero-order valence-electron chi connectivity index (χ0n) is 8.65. The third kappa shape index (κ3) is 2.63. The van der Waals surface area contributed by atoms with Gasteiger partial charge in [-0.2, -0.15) is 0 Å². The van der Waals surface area contributed by atoms with Crippen LogP contribution in [0.1, 0.15) is 15.9 Å². The summed E-state index contributed by atoms with van der Waals surface area (Å²) in [6.07, 6.45) is 0. The van der Waals surface area contributed by atoms with Crippen LogP contribution in [0.2, 0.25) is 0 Å². The molecule has 0 fully saturated rings. The lowest BCUT2D eigenvalue weighted by Crippen LogP contribution is -2.41. The maximum atomic E-state index is 11.7. The van der Waals surface area contributed by atoms with Crippen LogP contribution in [0.3, 0.4) is 0 Å². The van der Waals surface area contributed by atoms with Crippen LogP contribution in [0.5, 0.6) is 0 Å².